The second-order valence-electron chi connectivity index (χ2n) is 6.75. The highest BCUT2D eigenvalue weighted by Gasteiger charge is 2.19. The number of carboxylic acid groups (broad SMARTS) is 1. The van der Waals surface area contributed by atoms with Crippen LogP contribution in [0.25, 0.3) is 5.69 Å². The summed E-state index contributed by atoms with van der Waals surface area (Å²) in [6.07, 6.45) is 0. The maximum atomic E-state index is 11.0. The third kappa shape index (κ3) is 4.84. The van der Waals surface area contributed by atoms with Crippen LogP contribution in [0.5, 0.6) is 0 Å². The molecule has 1 saturated heterocycles. The van der Waals surface area contributed by atoms with E-state index < -0.39 is 5.97 Å². The number of carboxylic acids is 1. The van der Waals surface area contributed by atoms with Gasteiger partial charge in [0.1, 0.15) is 0 Å². The lowest BCUT2D eigenvalue weighted by atomic mass is 10.1. The largest absolute Gasteiger partial charge is 0.478 e. The highest BCUT2D eigenvalue weighted by Crippen LogP contribution is 2.26. The van der Waals surface area contributed by atoms with Gasteiger partial charge in [0.15, 0.2) is 11.0 Å². The van der Waals surface area contributed by atoms with Crippen molar-refractivity contribution in [3.8, 4) is 5.69 Å². The molecule has 150 valence electrons. The average molecular weight is 410 g/mol. The van der Waals surface area contributed by atoms with Crippen LogP contribution in [0.4, 0.5) is 0 Å². The molecule has 2 heterocycles. The fourth-order valence-electron chi connectivity index (χ4n) is 3.18. The molecule has 0 atom stereocenters. The maximum absolute atomic E-state index is 11.0. The molecule has 1 N–H and O–H groups in total. The molecule has 1 aliphatic rings. The van der Waals surface area contributed by atoms with Gasteiger partial charge < -0.3 is 9.84 Å². The summed E-state index contributed by atoms with van der Waals surface area (Å²) >= 11 is 1.59. The molecule has 1 aliphatic heterocycles. The SMILES string of the molecule is O=C(O)c1ccc(CSc2nnc(CN3CCOCC3)n2-c2ccccc2)cc1. The molecule has 0 unspecified atom stereocenters. The standard InChI is InChI=1S/C21H22N4O3S/c26-20(27)17-8-6-16(7-9-17)15-29-21-23-22-19(14-24-10-12-28-13-11-24)25(21)18-4-2-1-3-5-18/h1-9H,10-15H2,(H,26,27). The summed E-state index contributed by atoms with van der Waals surface area (Å²) in [4.78, 5) is 13.3. The Bertz CT molecular complexity index is 954. The summed E-state index contributed by atoms with van der Waals surface area (Å²) in [5, 5.41) is 18.8. The lowest BCUT2D eigenvalue weighted by Gasteiger charge is -2.26. The Morgan fingerprint density at radius 1 is 1.03 bits per heavy atom. The van der Waals surface area contributed by atoms with E-state index in [4.69, 9.17) is 9.84 Å². The number of hydrogen-bond donors (Lipinski definition) is 1. The average Bonchev–Trinajstić information content (AvgIpc) is 3.16. The molecule has 3 aromatic rings. The normalized spacial score (nSPS) is 14.8. The summed E-state index contributed by atoms with van der Waals surface area (Å²) in [6, 6.07) is 17.1. The first-order chi connectivity index (χ1) is 14.2. The molecule has 8 heteroatoms. The Hall–Kier alpha value is -2.68. The van der Waals surface area contributed by atoms with Crippen LogP contribution in [-0.2, 0) is 17.0 Å². The summed E-state index contributed by atoms with van der Waals surface area (Å²) in [7, 11) is 0. The topological polar surface area (TPSA) is 80.5 Å². The first-order valence-electron chi connectivity index (χ1n) is 9.45. The van der Waals surface area contributed by atoms with Crippen molar-refractivity contribution in [3.63, 3.8) is 0 Å². The summed E-state index contributed by atoms with van der Waals surface area (Å²) < 4.78 is 7.55. The predicted octanol–water partition coefficient (Wildman–Crippen LogP) is 3.09. The van der Waals surface area contributed by atoms with Gasteiger partial charge in [-0.3, -0.25) is 9.47 Å². The van der Waals surface area contributed by atoms with Crippen LogP contribution >= 0.6 is 11.8 Å². The summed E-state index contributed by atoms with van der Waals surface area (Å²) in [5.41, 5.74) is 2.36. The van der Waals surface area contributed by atoms with E-state index in [-0.39, 0.29) is 0 Å². The minimum absolute atomic E-state index is 0.291. The zero-order chi connectivity index (χ0) is 20.1. The molecule has 0 radical (unpaired) electrons. The number of thioether (sulfide) groups is 1. The van der Waals surface area contributed by atoms with Gasteiger partial charge >= 0.3 is 5.97 Å². The van der Waals surface area contributed by atoms with Gasteiger partial charge in [-0.15, -0.1) is 10.2 Å². The molecule has 1 fully saturated rings. The second kappa shape index (κ2) is 9.21. The van der Waals surface area contributed by atoms with Crippen LogP contribution in [0.15, 0.2) is 59.8 Å². The van der Waals surface area contributed by atoms with E-state index >= 15 is 0 Å². The van der Waals surface area contributed by atoms with Crippen LogP contribution in [0.3, 0.4) is 0 Å². The number of para-hydroxylation sites is 1. The lowest BCUT2D eigenvalue weighted by molar-refractivity contribution is 0.0328. The van der Waals surface area contributed by atoms with E-state index in [1.807, 2.05) is 30.3 Å². The van der Waals surface area contributed by atoms with Gasteiger partial charge in [0.25, 0.3) is 0 Å². The second-order valence-corrected chi connectivity index (χ2v) is 7.69. The monoisotopic (exact) mass is 410 g/mol. The zero-order valence-corrected chi connectivity index (χ0v) is 16.7. The predicted molar refractivity (Wildman–Crippen MR) is 110 cm³/mol. The Labute approximate surface area is 173 Å². The molecule has 0 aliphatic carbocycles. The highest BCUT2D eigenvalue weighted by atomic mass is 32.2. The maximum Gasteiger partial charge on any atom is 0.335 e. The molecule has 4 rings (SSSR count). The minimum atomic E-state index is -0.916. The number of morpholine rings is 1. The molecule has 7 nitrogen and oxygen atoms in total. The van der Waals surface area contributed by atoms with Gasteiger partial charge in [0.2, 0.25) is 0 Å². The summed E-state index contributed by atoms with van der Waals surface area (Å²) in [6.45, 7) is 3.99. The van der Waals surface area contributed by atoms with E-state index in [0.717, 1.165) is 55.1 Å². The van der Waals surface area contributed by atoms with Crippen molar-refractivity contribution in [2.45, 2.75) is 17.5 Å². The Balaban J connectivity index is 1.55. The molecule has 0 bridgehead atoms. The highest BCUT2D eigenvalue weighted by molar-refractivity contribution is 7.98. The smallest absolute Gasteiger partial charge is 0.335 e. The zero-order valence-electron chi connectivity index (χ0n) is 15.9. The van der Waals surface area contributed by atoms with Gasteiger partial charge in [0, 0.05) is 24.5 Å². The number of rotatable bonds is 7. The third-order valence-electron chi connectivity index (χ3n) is 4.75. The van der Waals surface area contributed by atoms with Crippen LogP contribution in [0.1, 0.15) is 21.7 Å². The van der Waals surface area contributed by atoms with Crippen molar-refractivity contribution in [3.05, 3.63) is 71.5 Å². The summed E-state index contributed by atoms with van der Waals surface area (Å²) in [5.74, 6) is 0.671. The van der Waals surface area contributed by atoms with Crippen molar-refractivity contribution in [2.24, 2.45) is 0 Å². The van der Waals surface area contributed by atoms with Gasteiger partial charge in [-0.25, -0.2) is 4.79 Å². The van der Waals surface area contributed by atoms with Crippen LogP contribution in [0.2, 0.25) is 0 Å². The third-order valence-corrected chi connectivity index (χ3v) is 5.75. The number of benzene rings is 2. The van der Waals surface area contributed by atoms with E-state index in [1.54, 1.807) is 23.9 Å². The Morgan fingerprint density at radius 2 is 1.76 bits per heavy atom. The molecule has 0 amide bonds. The number of aromatic carboxylic acids is 1. The van der Waals surface area contributed by atoms with Crippen molar-refractivity contribution in [2.75, 3.05) is 26.3 Å². The molecule has 1 aromatic heterocycles. The fourth-order valence-corrected chi connectivity index (χ4v) is 4.11. The number of aromatic nitrogens is 3. The first-order valence-corrected chi connectivity index (χ1v) is 10.4. The van der Waals surface area contributed by atoms with E-state index in [2.05, 4.69) is 31.8 Å². The number of ether oxygens (including phenoxy) is 1. The van der Waals surface area contributed by atoms with E-state index in [9.17, 15) is 4.79 Å². The molecule has 29 heavy (non-hydrogen) atoms. The van der Waals surface area contributed by atoms with Gasteiger partial charge in [-0.05, 0) is 29.8 Å². The Morgan fingerprint density at radius 3 is 2.45 bits per heavy atom. The quantitative estimate of drug-likeness (QED) is 0.600. The number of carbonyl (C=O) groups is 1. The van der Waals surface area contributed by atoms with Crippen molar-refractivity contribution >= 4 is 17.7 Å². The van der Waals surface area contributed by atoms with Crippen molar-refractivity contribution in [1.82, 2.24) is 19.7 Å². The van der Waals surface area contributed by atoms with E-state index in [0.29, 0.717) is 11.3 Å². The van der Waals surface area contributed by atoms with Crippen molar-refractivity contribution in [1.29, 1.82) is 0 Å². The van der Waals surface area contributed by atoms with E-state index in [1.165, 1.54) is 0 Å². The van der Waals surface area contributed by atoms with Crippen LogP contribution < -0.4 is 0 Å². The van der Waals surface area contributed by atoms with Gasteiger partial charge in [-0.1, -0.05) is 42.1 Å². The molecule has 0 spiro atoms. The van der Waals surface area contributed by atoms with Crippen LogP contribution in [-0.4, -0.2) is 57.0 Å². The van der Waals surface area contributed by atoms with Crippen LogP contribution in [0, 0.1) is 0 Å². The first kappa shape index (κ1) is 19.6. The fraction of sp³-hybridized carbons (Fsp3) is 0.286. The number of nitrogens with zero attached hydrogens (tertiary/aromatic N) is 4. The van der Waals surface area contributed by atoms with Crippen molar-refractivity contribution < 1.29 is 14.6 Å². The Kier molecular flexibility index (Phi) is 6.24. The van der Waals surface area contributed by atoms with Gasteiger partial charge in [-0.2, -0.15) is 0 Å². The molecule has 0 saturated carbocycles. The molecule has 2 aromatic carbocycles. The minimum Gasteiger partial charge on any atom is -0.478 e. The lowest BCUT2D eigenvalue weighted by Crippen LogP contribution is -2.36. The molecular weight excluding hydrogens is 388 g/mol. The molecular formula is C21H22N4O3S. The number of hydrogen-bond acceptors (Lipinski definition) is 6. The van der Waals surface area contributed by atoms with Gasteiger partial charge in [0.05, 0.1) is 25.3 Å².